The average Bonchev–Trinajstić information content (AvgIpc) is 2.32. The molecule has 0 aliphatic carbocycles. The van der Waals surface area contributed by atoms with Gasteiger partial charge in [-0.15, -0.1) is 0 Å². The Bertz CT molecular complexity index is 537. The Balaban J connectivity index is 2.40. The second-order valence-electron chi connectivity index (χ2n) is 4.22. The number of benzene rings is 1. The lowest BCUT2D eigenvalue weighted by molar-refractivity contribution is 0.851. The number of hydrogen-bond donors (Lipinski definition) is 1. The molecule has 88 valence electrons. The predicted molar refractivity (Wildman–Crippen MR) is 71.2 cm³/mol. The van der Waals surface area contributed by atoms with Crippen molar-refractivity contribution in [2.24, 2.45) is 5.73 Å². The van der Waals surface area contributed by atoms with Crippen molar-refractivity contribution in [2.45, 2.75) is 19.9 Å². The standard InChI is InChI=1S/C14H15ClN2/c1-9-5-6-17-8-12(9)14(16)11-3-4-13(15)10(2)7-11/h3-8,14H,16H2,1-2H3. The lowest BCUT2D eigenvalue weighted by atomic mass is 9.96. The first kappa shape index (κ1) is 12.1. The van der Waals surface area contributed by atoms with E-state index in [4.69, 9.17) is 17.3 Å². The predicted octanol–water partition coefficient (Wildman–Crippen LogP) is 3.40. The first-order valence-electron chi connectivity index (χ1n) is 5.51. The van der Waals surface area contributed by atoms with Gasteiger partial charge in [-0.3, -0.25) is 4.98 Å². The molecule has 1 unspecified atom stereocenters. The molecule has 17 heavy (non-hydrogen) atoms. The average molecular weight is 247 g/mol. The summed E-state index contributed by atoms with van der Waals surface area (Å²) in [6.07, 6.45) is 3.60. The van der Waals surface area contributed by atoms with Crippen molar-refractivity contribution in [2.75, 3.05) is 0 Å². The molecule has 1 aromatic carbocycles. The van der Waals surface area contributed by atoms with Crippen LogP contribution in [0.2, 0.25) is 5.02 Å². The molecule has 2 N–H and O–H groups in total. The van der Waals surface area contributed by atoms with Crippen molar-refractivity contribution in [3.63, 3.8) is 0 Å². The van der Waals surface area contributed by atoms with E-state index in [0.717, 1.165) is 27.3 Å². The number of pyridine rings is 1. The second-order valence-corrected chi connectivity index (χ2v) is 4.63. The highest BCUT2D eigenvalue weighted by molar-refractivity contribution is 6.31. The molecule has 0 saturated carbocycles. The van der Waals surface area contributed by atoms with Crippen molar-refractivity contribution >= 4 is 11.6 Å². The molecule has 2 aromatic rings. The van der Waals surface area contributed by atoms with Gasteiger partial charge in [-0.1, -0.05) is 23.7 Å². The maximum atomic E-state index is 6.25. The van der Waals surface area contributed by atoms with E-state index in [0.29, 0.717) is 0 Å². The molecule has 0 amide bonds. The Kier molecular flexibility index (Phi) is 3.46. The fourth-order valence-corrected chi connectivity index (χ4v) is 1.96. The Morgan fingerprint density at radius 2 is 1.94 bits per heavy atom. The van der Waals surface area contributed by atoms with Crippen LogP contribution in [0.25, 0.3) is 0 Å². The number of nitrogens with zero attached hydrogens (tertiary/aromatic N) is 1. The molecule has 0 fully saturated rings. The van der Waals surface area contributed by atoms with E-state index in [1.807, 2.05) is 44.3 Å². The lowest BCUT2D eigenvalue weighted by Crippen LogP contribution is -2.13. The lowest BCUT2D eigenvalue weighted by Gasteiger charge is -2.15. The summed E-state index contributed by atoms with van der Waals surface area (Å²) in [5, 5.41) is 0.767. The van der Waals surface area contributed by atoms with Crippen LogP contribution in [0, 0.1) is 13.8 Å². The zero-order chi connectivity index (χ0) is 12.4. The Morgan fingerprint density at radius 1 is 1.18 bits per heavy atom. The van der Waals surface area contributed by atoms with E-state index in [2.05, 4.69) is 4.98 Å². The summed E-state index contributed by atoms with van der Waals surface area (Å²) in [7, 11) is 0. The SMILES string of the molecule is Cc1cc(C(N)c2cnccc2C)ccc1Cl. The summed E-state index contributed by atoms with van der Waals surface area (Å²) in [4.78, 5) is 4.13. The Morgan fingerprint density at radius 3 is 2.59 bits per heavy atom. The maximum absolute atomic E-state index is 6.25. The molecule has 1 atom stereocenters. The minimum Gasteiger partial charge on any atom is -0.320 e. The van der Waals surface area contributed by atoms with Gasteiger partial charge in [-0.05, 0) is 48.2 Å². The summed E-state index contributed by atoms with van der Waals surface area (Å²) < 4.78 is 0. The van der Waals surface area contributed by atoms with Gasteiger partial charge in [0.2, 0.25) is 0 Å². The highest BCUT2D eigenvalue weighted by Crippen LogP contribution is 2.25. The van der Waals surface area contributed by atoms with Crippen LogP contribution in [0.1, 0.15) is 28.3 Å². The molecular weight excluding hydrogens is 232 g/mol. The third-order valence-corrected chi connectivity index (χ3v) is 3.38. The first-order valence-corrected chi connectivity index (χ1v) is 5.89. The van der Waals surface area contributed by atoms with Crippen LogP contribution >= 0.6 is 11.6 Å². The zero-order valence-electron chi connectivity index (χ0n) is 9.94. The molecule has 0 bridgehead atoms. The number of hydrogen-bond acceptors (Lipinski definition) is 2. The largest absolute Gasteiger partial charge is 0.320 e. The van der Waals surface area contributed by atoms with E-state index in [9.17, 15) is 0 Å². The molecule has 0 spiro atoms. The number of aryl methyl sites for hydroxylation is 2. The molecule has 2 nitrogen and oxygen atoms in total. The molecule has 3 heteroatoms. The topological polar surface area (TPSA) is 38.9 Å². The van der Waals surface area contributed by atoms with E-state index in [1.165, 1.54) is 0 Å². The third-order valence-electron chi connectivity index (χ3n) is 2.96. The molecule has 0 aliphatic heterocycles. The van der Waals surface area contributed by atoms with Crippen molar-refractivity contribution in [3.8, 4) is 0 Å². The van der Waals surface area contributed by atoms with E-state index in [-0.39, 0.29) is 6.04 Å². The van der Waals surface area contributed by atoms with Gasteiger partial charge >= 0.3 is 0 Å². The van der Waals surface area contributed by atoms with Crippen molar-refractivity contribution in [1.29, 1.82) is 0 Å². The maximum Gasteiger partial charge on any atom is 0.0569 e. The number of halogens is 1. The summed E-state index contributed by atoms with van der Waals surface area (Å²) >= 11 is 6.01. The van der Waals surface area contributed by atoms with Crippen LogP contribution < -0.4 is 5.73 Å². The minimum absolute atomic E-state index is 0.153. The highest BCUT2D eigenvalue weighted by Gasteiger charge is 2.12. The van der Waals surface area contributed by atoms with Gasteiger partial charge in [0, 0.05) is 17.4 Å². The Hall–Kier alpha value is -1.38. The van der Waals surface area contributed by atoms with Gasteiger partial charge in [0.25, 0.3) is 0 Å². The molecule has 2 rings (SSSR count). The number of aromatic nitrogens is 1. The summed E-state index contributed by atoms with van der Waals surface area (Å²) in [6, 6.07) is 7.70. The van der Waals surface area contributed by atoms with Gasteiger partial charge in [-0.25, -0.2) is 0 Å². The zero-order valence-corrected chi connectivity index (χ0v) is 10.7. The van der Waals surface area contributed by atoms with Crippen LogP contribution in [0.4, 0.5) is 0 Å². The van der Waals surface area contributed by atoms with Gasteiger partial charge in [0.1, 0.15) is 0 Å². The van der Waals surface area contributed by atoms with Crippen LogP contribution in [-0.2, 0) is 0 Å². The van der Waals surface area contributed by atoms with Gasteiger partial charge in [0.15, 0.2) is 0 Å². The molecule has 0 aliphatic rings. The van der Waals surface area contributed by atoms with Gasteiger partial charge in [0.05, 0.1) is 6.04 Å². The van der Waals surface area contributed by atoms with Crippen LogP contribution in [0.3, 0.4) is 0 Å². The van der Waals surface area contributed by atoms with E-state index >= 15 is 0 Å². The fourth-order valence-electron chi connectivity index (χ4n) is 1.84. The van der Waals surface area contributed by atoms with E-state index < -0.39 is 0 Å². The summed E-state index contributed by atoms with van der Waals surface area (Å²) in [5.41, 5.74) is 10.6. The van der Waals surface area contributed by atoms with Crippen LogP contribution in [0.5, 0.6) is 0 Å². The minimum atomic E-state index is -0.153. The van der Waals surface area contributed by atoms with Crippen LogP contribution in [-0.4, -0.2) is 4.98 Å². The third kappa shape index (κ3) is 2.48. The van der Waals surface area contributed by atoms with Crippen molar-refractivity contribution in [1.82, 2.24) is 4.98 Å². The second kappa shape index (κ2) is 4.86. The van der Waals surface area contributed by atoms with Gasteiger partial charge in [-0.2, -0.15) is 0 Å². The van der Waals surface area contributed by atoms with Crippen molar-refractivity contribution < 1.29 is 0 Å². The molecule has 1 heterocycles. The monoisotopic (exact) mass is 246 g/mol. The molecule has 1 aromatic heterocycles. The summed E-state index contributed by atoms with van der Waals surface area (Å²) in [6.45, 7) is 4.02. The van der Waals surface area contributed by atoms with E-state index in [1.54, 1.807) is 6.20 Å². The quantitative estimate of drug-likeness (QED) is 0.882. The van der Waals surface area contributed by atoms with Gasteiger partial charge < -0.3 is 5.73 Å². The van der Waals surface area contributed by atoms with Crippen LogP contribution in [0.15, 0.2) is 36.7 Å². The smallest absolute Gasteiger partial charge is 0.0569 e. The summed E-state index contributed by atoms with van der Waals surface area (Å²) in [5.74, 6) is 0. The molecular formula is C14H15ClN2. The highest BCUT2D eigenvalue weighted by atomic mass is 35.5. The normalized spacial score (nSPS) is 12.5. The molecule has 0 saturated heterocycles. The number of rotatable bonds is 2. The fraction of sp³-hybridized carbons (Fsp3) is 0.214. The molecule has 0 radical (unpaired) electrons. The Labute approximate surface area is 106 Å². The first-order chi connectivity index (χ1) is 8.09. The number of nitrogens with two attached hydrogens (primary N) is 1. The van der Waals surface area contributed by atoms with Crippen molar-refractivity contribution in [3.05, 3.63) is 63.9 Å².